The molecule has 3 rings (SSSR count). The number of alkyl halides is 1. The molecule has 1 fully saturated rings. The highest BCUT2D eigenvalue weighted by atomic mass is 35.5. The molecule has 2 unspecified atom stereocenters. The Morgan fingerprint density at radius 1 is 1.45 bits per heavy atom. The summed E-state index contributed by atoms with van der Waals surface area (Å²) in [6.07, 6.45) is 3.40. The van der Waals surface area contributed by atoms with Crippen LogP contribution in [0.15, 0.2) is 12.1 Å². The third-order valence-electron chi connectivity index (χ3n) is 4.21. The minimum atomic E-state index is -0.224. The van der Waals surface area contributed by atoms with Crippen molar-refractivity contribution in [3.63, 3.8) is 0 Å². The fourth-order valence-corrected chi connectivity index (χ4v) is 3.40. The number of aromatic nitrogens is 2. The van der Waals surface area contributed by atoms with E-state index in [2.05, 4.69) is 9.55 Å². The van der Waals surface area contributed by atoms with Gasteiger partial charge in [-0.1, -0.05) is 0 Å². The maximum Gasteiger partial charge on any atom is 0.128 e. The van der Waals surface area contributed by atoms with Gasteiger partial charge in [0.05, 0.1) is 29.1 Å². The molecule has 1 heterocycles. The second-order valence-electron chi connectivity index (χ2n) is 5.39. The lowest BCUT2D eigenvalue weighted by atomic mass is 10.1. The summed E-state index contributed by atoms with van der Waals surface area (Å²) in [5, 5.41) is 0. The van der Waals surface area contributed by atoms with E-state index in [1.54, 1.807) is 14.0 Å². The Balaban J connectivity index is 2.19. The molecule has 1 aliphatic rings. The number of benzene rings is 1. The van der Waals surface area contributed by atoms with E-state index in [9.17, 15) is 4.39 Å². The van der Waals surface area contributed by atoms with Crippen molar-refractivity contribution in [1.29, 1.82) is 0 Å². The molecule has 0 bridgehead atoms. The van der Waals surface area contributed by atoms with E-state index in [-0.39, 0.29) is 18.0 Å². The van der Waals surface area contributed by atoms with E-state index in [0.717, 1.165) is 30.6 Å². The van der Waals surface area contributed by atoms with Crippen molar-refractivity contribution in [2.45, 2.75) is 44.2 Å². The molecule has 20 heavy (non-hydrogen) atoms. The number of halogens is 2. The van der Waals surface area contributed by atoms with Crippen LogP contribution < -0.4 is 0 Å². The Kier molecular flexibility index (Phi) is 3.69. The average molecular weight is 297 g/mol. The molecule has 2 aromatic rings. The normalized spacial score (nSPS) is 22.8. The van der Waals surface area contributed by atoms with Crippen molar-refractivity contribution in [1.82, 2.24) is 9.55 Å². The molecule has 1 aromatic heterocycles. The third-order valence-corrected chi connectivity index (χ3v) is 4.45. The first-order chi connectivity index (χ1) is 9.65. The van der Waals surface area contributed by atoms with Crippen molar-refractivity contribution < 1.29 is 9.13 Å². The van der Waals surface area contributed by atoms with Gasteiger partial charge in [-0.25, -0.2) is 9.37 Å². The van der Waals surface area contributed by atoms with Crippen LogP contribution in [0.25, 0.3) is 11.0 Å². The number of rotatable bonds is 3. The van der Waals surface area contributed by atoms with Crippen LogP contribution in [0.3, 0.4) is 0 Å². The van der Waals surface area contributed by atoms with E-state index in [1.165, 1.54) is 6.07 Å². The maximum atomic E-state index is 13.7. The summed E-state index contributed by atoms with van der Waals surface area (Å²) < 4.78 is 21.4. The van der Waals surface area contributed by atoms with Gasteiger partial charge in [-0.15, -0.1) is 11.6 Å². The molecule has 0 saturated heterocycles. The predicted octanol–water partition coefficient (Wildman–Crippen LogP) is 3.96. The van der Waals surface area contributed by atoms with E-state index in [4.69, 9.17) is 16.3 Å². The SMILES string of the molecule is COC1CCCC1n1c(CCl)nc2cc(F)c(C)cc21. The molecule has 1 aliphatic carbocycles. The van der Waals surface area contributed by atoms with Gasteiger partial charge in [0, 0.05) is 13.2 Å². The molecule has 3 nitrogen and oxygen atoms in total. The minimum Gasteiger partial charge on any atom is -0.379 e. The van der Waals surface area contributed by atoms with Crippen molar-refractivity contribution in [2.75, 3.05) is 7.11 Å². The van der Waals surface area contributed by atoms with Crippen LogP contribution in [-0.2, 0) is 10.6 Å². The average Bonchev–Trinajstić information content (AvgIpc) is 3.02. The lowest BCUT2D eigenvalue weighted by Gasteiger charge is -2.22. The van der Waals surface area contributed by atoms with E-state index in [0.29, 0.717) is 17.0 Å². The fraction of sp³-hybridized carbons (Fsp3) is 0.533. The monoisotopic (exact) mass is 296 g/mol. The van der Waals surface area contributed by atoms with Crippen LogP contribution in [0.1, 0.15) is 36.7 Å². The molecular weight excluding hydrogens is 279 g/mol. The van der Waals surface area contributed by atoms with Crippen LogP contribution in [0.2, 0.25) is 0 Å². The standard InChI is InChI=1S/C15H18ClFN2O/c1-9-6-13-11(7-10(9)17)18-15(8-16)19(13)12-4-3-5-14(12)20-2/h6-7,12,14H,3-5,8H2,1-2H3. The van der Waals surface area contributed by atoms with Crippen molar-refractivity contribution in [2.24, 2.45) is 0 Å². The predicted molar refractivity (Wildman–Crippen MR) is 77.7 cm³/mol. The van der Waals surface area contributed by atoms with Crippen LogP contribution >= 0.6 is 11.6 Å². The second kappa shape index (κ2) is 5.34. The molecule has 0 aliphatic heterocycles. The summed E-state index contributed by atoms with van der Waals surface area (Å²) >= 11 is 6.03. The largest absolute Gasteiger partial charge is 0.379 e. The molecule has 5 heteroatoms. The first-order valence-electron chi connectivity index (χ1n) is 6.91. The molecule has 1 aromatic carbocycles. The van der Waals surface area contributed by atoms with Gasteiger partial charge in [-0.3, -0.25) is 0 Å². The lowest BCUT2D eigenvalue weighted by Crippen LogP contribution is -2.22. The van der Waals surface area contributed by atoms with Gasteiger partial charge in [0.1, 0.15) is 11.6 Å². The Bertz CT molecular complexity index is 640. The quantitative estimate of drug-likeness (QED) is 0.802. The number of methoxy groups -OCH3 is 1. The first-order valence-corrected chi connectivity index (χ1v) is 7.45. The molecule has 0 N–H and O–H groups in total. The Hall–Kier alpha value is -1.13. The summed E-state index contributed by atoms with van der Waals surface area (Å²) in [5.41, 5.74) is 2.26. The zero-order valence-electron chi connectivity index (χ0n) is 11.7. The molecule has 2 atom stereocenters. The van der Waals surface area contributed by atoms with E-state index < -0.39 is 0 Å². The Morgan fingerprint density at radius 2 is 2.25 bits per heavy atom. The number of fused-ring (bicyclic) bond motifs is 1. The summed E-state index contributed by atoms with van der Waals surface area (Å²) in [5.74, 6) is 0.890. The van der Waals surface area contributed by atoms with Crippen molar-refractivity contribution in [3.8, 4) is 0 Å². The molecule has 0 spiro atoms. The number of hydrogen-bond acceptors (Lipinski definition) is 2. The number of ether oxygens (including phenoxy) is 1. The molecule has 108 valence electrons. The minimum absolute atomic E-state index is 0.180. The first kappa shape index (κ1) is 13.8. The topological polar surface area (TPSA) is 27.1 Å². The van der Waals surface area contributed by atoms with E-state index >= 15 is 0 Å². The number of aryl methyl sites for hydroxylation is 1. The van der Waals surface area contributed by atoms with E-state index in [1.807, 2.05) is 6.07 Å². The number of imidazole rings is 1. The summed E-state index contributed by atoms with van der Waals surface area (Å²) in [7, 11) is 1.74. The molecular formula is C15H18ClFN2O. The van der Waals surface area contributed by atoms with Gasteiger partial charge in [-0.05, 0) is 37.8 Å². The summed E-state index contributed by atoms with van der Waals surface area (Å²) in [6, 6.07) is 3.59. The zero-order valence-corrected chi connectivity index (χ0v) is 12.5. The third kappa shape index (κ3) is 2.11. The summed E-state index contributed by atoms with van der Waals surface area (Å²) in [6.45, 7) is 1.77. The van der Waals surface area contributed by atoms with Crippen molar-refractivity contribution in [3.05, 3.63) is 29.3 Å². The maximum absolute atomic E-state index is 13.7. The van der Waals surface area contributed by atoms with Crippen LogP contribution in [0.4, 0.5) is 4.39 Å². The molecule has 0 radical (unpaired) electrons. The Morgan fingerprint density at radius 3 is 2.95 bits per heavy atom. The highest BCUT2D eigenvalue weighted by Gasteiger charge is 2.31. The number of hydrogen-bond donors (Lipinski definition) is 0. The highest BCUT2D eigenvalue weighted by molar-refractivity contribution is 6.16. The number of nitrogens with zero attached hydrogens (tertiary/aromatic N) is 2. The lowest BCUT2D eigenvalue weighted by molar-refractivity contribution is 0.0755. The zero-order chi connectivity index (χ0) is 14.3. The van der Waals surface area contributed by atoms with Gasteiger partial charge >= 0.3 is 0 Å². The fourth-order valence-electron chi connectivity index (χ4n) is 3.21. The second-order valence-corrected chi connectivity index (χ2v) is 5.66. The van der Waals surface area contributed by atoms with Gasteiger partial charge < -0.3 is 9.30 Å². The van der Waals surface area contributed by atoms with Gasteiger partial charge in [-0.2, -0.15) is 0 Å². The smallest absolute Gasteiger partial charge is 0.128 e. The Labute approximate surface area is 122 Å². The van der Waals surface area contributed by atoms with Gasteiger partial charge in [0.15, 0.2) is 0 Å². The van der Waals surface area contributed by atoms with Crippen LogP contribution in [-0.4, -0.2) is 22.8 Å². The van der Waals surface area contributed by atoms with Crippen LogP contribution in [0.5, 0.6) is 0 Å². The van der Waals surface area contributed by atoms with Gasteiger partial charge in [0.2, 0.25) is 0 Å². The highest BCUT2D eigenvalue weighted by Crippen LogP contribution is 2.36. The van der Waals surface area contributed by atoms with Gasteiger partial charge in [0.25, 0.3) is 0 Å². The van der Waals surface area contributed by atoms with Crippen molar-refractivity contribution >= 4 is 22.6 Å². The molecule has 0 amide bonds. The summed E-state index contributed by atoms with van der Waals surface area (Å²) in [4.78, 5) is 4.48. The molecule has 1 saturated carbocycles. The van der Waals surface area contributed by atoms with Crippen LogP contribution in [0, 0.1) is 12.7 Å².